The molecule has 1 amide bonds. The summed E-state index contributed by atoms with van der Waals surface area (Å²) in [5.41, 5.74) is 0.693. The number of nitrogens with one attached hydrogen (secondary N) is 2. The predicted molar refractivity (Wildman–Crippen MR) is 89.7 cm³/mol. The quantitative estimate of drug-likeness (QED) is 0.823. The molecule has 0 heterocycles. The van der Waals surface area contributed by atoms with E-state index in [1.54, 1.807) is 18.3 Å². The zero-order valence-corrected chi connectivity index (χ0v) is 14.5. The largest absolute Gasteiger partial charge is 0.495 e. The van der Waals surface area contributed by atoms with Gasteiger partial charge in [-0.3, -0.25) is 9.52 Å². The third-order valence-electron chi connectivity index (χ3n) is 3.26. The molecule has 0 bridgehead atoms. The van der Waals surface area contributed by atoms with Crippen molar-refractivity contribution in [3.8, 4) is 5.75 Å². The smallest absolute Gasteiger partial charge is 0.471 e. The highest BCUT2D eigenvalue weighted by atomic mass is 32.2. The Morgan fingerprint density at radius 2 is 1.62 bits per heavy atom. The molecule has 6 nitrogen and oxygen atoms in total. The molecule has 2 rings (SSSR count). The molecule has 0 radical (unpaired) electrons. The number of sulfonamides is 1. The molecule has 0 spiro atoms. The highest BCUT2D eigenvalue weighted by Gasteiger charge is 2.38. The Kier molecular flexibility index (Phi) is 5.45. The third-order valence-corrected chi connectivity index (χ3v) is 4.66. The van der Waals surface area contributed by atoms with E-state index in [2.05, 4.69) is 4.72 Å². The lowest BCUT2D eigenvalue weighted by Gasteiger charge is -2.13. The molecule has 0 fully saturated rings. The summed E-state index contributed by atoms with van der Waals surface area (Å²) in [4.78, 5) is 10.8. The van der Waals surface area contributed by atoms with Crippen LogP contribution in [0.25, 0.3) is 0 Å². The molecule has 0 saturated carbocycles. The fraction of sp³-hybridized carbons (Fsp3) is 0.188. The summed E-state index contributed by atoms with van der Waals surface area (Å²) >= 11 is 0. The highest BCUT2D eigenvalue weighted by molar-refractivity contribution is 7.92. The van der Waals surface area contributed by atoms with Crippen molar-refractivity contribution in [3.63, 3.8) is 0 Å². The van der Waals surface area contributed by atoms with Crippen molar-refractivity contribution in [3.05, 3.63) is 48.0 Å². The first-order valence-corrected chi connectivity index (χ1v) is 8.67. The average Bonchev–Trinajstić information content (AvgIpc) is 2.55. The van der Waals surface area contributed by atoms with Gasteiger partial charge in [-0.15, -0.1) is 0 Å². The topological polar surface area (TPSA) is 84.5 Å². The van der Waals surface area contributed by atoms with Crippen LogP contribution in [0.3, 0.4) is 0 Å². The molecule has 0 atom stereocenters. The second kappa shape index (κ2) is 7.24. The molecule has 0 unspecified atom stereocenters. The number of rotatable bonds is 5. The van der Waals surface area contributed by atoms with Gasteiger partial charge >= 0.3 is 12.1 Å². The Morgan fingerprint density at radius 3 is 2.15 bits per heavy atom. The maximum absolute atomic E-state index is 12.5. The second-order valence-electron chi connectivity index (χ2n) is 5.29. The van der Waals surface area contributed by atoms with Gasteiger partial charge in [0.15, 0.2) is 0 Å². The van der Waals surface area contributed by atoms with E-state index in [1.807, 2.05) is 0 Å². The van der Waals surface area contributed by atoms with Crippen molar-refractivity contribution in [2.45, 2.75) is 18.0 Å². The van der Waals surface area contributed by atoms with Gasteiger partial charge in [0, 0.05) is 11.4 Å². The molecule has 0 aromatic heterocycles. The van der Waals surface area contributed by atoms with E-state index in [1.165, 1.54) is 31.4 Å². The lowest BCUT2D eigenvalue weighted by Crippen LogP contribution is -2.29. The zero-order chi connectivity index (χ0) is 19.5. The minimum Gasteiger partial charge on any atom is -0.495 e. The van der Waals surface area contributed by atoms with Crippen LogP contribution >= 0.6 is 0 Å². The first-order chi connectivity index (χ1) is 12.0. The Bertz CT molecular complexity index is 910. The first kappa shape index (κ1) is 19.6. The molecule has 2 aromatic carbocycles. The lowest BCUT2D eigenvalue weighted by atomic mass is 10.2. The number of halogens is 3. The van der Waals surface area contributed by atoms with Crippen molar-refractivity contribution in [2.24, 2.45) is 0 Å². The fourth-order valence-corrected chi connectivity index (χ4v) is 3.34. The van der Waals surface area contributed by atoms with Crippen LogP contribution in [0.4, 0.5) is 24.5 Å². The van der Waals surface area contributed by atoms with Crippen LogP contribution in [0.2, 0.25) is 0 Å². The molecule has 2 aromatic rings. The Balaban J connectivity index is 2.21. The summed E-state index contributed by atoms with van der Waals surface area (Å²) in [6.45, 7) is 1.72. The molecule has 26 heavy (non-hydrogen) atoms. The van der Waals surface area contributed by atoms with E-state index < -0.39 is 22.1 Å². The van der Waals surface area contributed by atoms with Crippen LogP contribution in [0, 0.1) is 6.92 Å². The summed E-state index contributed by atoms with van der Waals surface area (Å²) < 4.78 is 69.0. The standard InChI is InChI=1S/C16H15F3N2O4S/c1-10-3-8-13(25-2)14(9-10)26(23,24)21-12-6-4-11(5-7-12)20-15(22)16(17,18)19/h3-9,21H,1-2H3,(H,20,22). The summed E-state index contributed by atoms with van der Waals surface area (Å²) in [6, 6.07) is 9.39. The van der Waals surface area contributed by atoms with Gasteiger partial charge in [0.2, 0.25) is 0 Å². The number of carbonyl (C=O) groups excluding carboxylic acids is 1. The monoisotopic (exact) mass is 388 g/mol. The van der Waals surface area contributed by atoms with E-state index in [4.69, 9.17) is 4.74 Å². The number of amides is 1. The summed E-state index contributed by atoms with van der Waals surface area (Å²) in [5, 5.41) is 1.67. The van der Waals surface area contributed by atoms with Crippen molar-refractivity contribution in [2.75, 3.05) is 17.1 Å². The average molecular weight is 388 g/mol. The minimum atomic E-state index is -5.01. The molecule has 10 heteroatoms. The number of carbonyl (C=O) groups is 1. The summed E-state index contributed by atoms with van der Waals surface area (Å²) in [7, 11) is -2.64. The van der Waals surface area contributed by atoms with Gasteiger partial charge in [-0.05, 0) is 48.9 Å². The molecule has 0 aliphatic carbocycles. The molecule has 0 aliphatic heterocycles. The lowest BCUT2D eigenvalue weighted by molar-refractivity contribution is -0.167. The first-order valence-electron chi connectivity index (χ1n) is 7.18. The van der Waals surface area contributed by atoms with Gasteiger partial charge in [0.05, 0.1) is 7.11 Å². The SMILES string of the molecule is COc1ccc(C)cc1S(=O)(=O)Nc1ccc(NC(=O)C(F)(F)F)cc1. The van der Waals surface area contributed by atoms with E-state index in [-0.39, 0.29) is 22.0 Å². The van der Waals surface area contributed by atoms with E-state index in [0.29, 0.717) is 5.56 Å². The zero-order valence-electron chi connectivity index (χ0n) is 13.7. The van der Waals surface area contributed by atoms with Crippen molar-refractivity contribution < 1.29 is 31.1 Å². The van der Waals surface area contributed by atoms with Gasteiger partial charge in [-0.2, -0.15) is 13.2 Å². The molecule has 140 valence electrons. The van der Waals surface area contributed by atoms with Crippen LogP contribution in [-0.2, 0) is 14.8 Å². The summed E-state index contributed by atoms with van der Waals surface area (Å²) in [5.74, 6) is -1.97. The number of hydrogen-bond acceptors (Lipinski definition) is 4. The third kappa shape index (κ3) is 4.66. The number of alkyl halides is 3. The van der Waals surface area contributed by atoms with Crippen LogP contribution < -0.4 is 14.8 Å². The predicted octanol–water partition coefficient (Wildman–Crippen LogP) is 3.31. The van der Waals surface area contributed by atoms with Crippen LogP contribution in [0.15, 0.2) is 47.4 Å². The van der Waals surface area contributed by atoms with Gasteiger partial charge in [-0.1, -0.05) is 6.07 Å². The normalized spacial score (nSPS) is 11.7. The minimum absolute atomic E-state index is 0.0746. The number of ether oxygens (including phenoxy) is 1. The van der Waals surface area contributed by atoms with Crippen molar-refractivity contribution >= 4 is 27.3 Å². The Labute approximate surface area is 148 Å². The van der Waals surface area contributed by atoms with Gasteiger partial charge < -0.3 is 10.1 Å². The number of anilines is 2. The van der Waals surface area contributed by atoms with E-state index in [9.17, 15) is 26.4 Å². The van der Waals surface area contributed by atoms with Crippen LogP contribution in [-0.4, -0.2) is 27.6 Å². The number of hydrogen-bond donors (Lipinski definition) is 2. The van der Waals surface area contributed by atoms with Crippen molar-refractivity contribution in [1.82, 2.24) is 0 Å². The maximum atomic E-state index is 12.5. The number of benzene rings is 2. The molecule has 0 aliphatic rings. The number of aryl methyl sites for hydroxylation is 1. The maximum Gasteiger partial charge on any atom is 0.471 e. The molecule has 2 N–H and O–H groups in total. The van der Waals surface area contributed by atoms with E-state index >= 15 is 0 Å². The van der Waals surface area contributed by atoms with Crippen molar-refractivity contribution in [1.29, 1.82) is 0 Å². The Hall–Kier alpha value is -2.75. The summed E-state index contributed by atoms with van der Waals surface area (Å²) in [6.07, 6.45) is -5.01. The van der Waals surface area contributed by atoms with Gasteiger partial charge in [0.1, 0.15) is 10.6 Å². The second-order valence-corrected chi connectivity index (χ2v) is 6.94. The fourth-order valence-electron chi connectivity index (χ4n) is 2.03. The van der Waals surface area contributed by atoms with Gasteiger partial charge in [0.25, 0.3) is 10.0 Å². The van der Waals surface area contributed by atoms with Crippen LogP contribution in [0.1, 0.15) is 5.56 Å². The Morgan fingerprint density at radius 1 is 1.04 bits per heavy atom. The molecule has 0 saturated heterocycles. The van der Waals surface area contributed by atoms with E-state index in [0.717, 1.165) is 12.1 Å². The molecular formula is C16H15F3N2O4S. The van der Waals surface area contributed by atoms with Crippen LogP contribution in [0.5, 0.6) is 5.75 Å². The van der Waals surface area contributed by atoms with Gasteiger partial charge in [-0.25, -0.2) is 8.42 Å². The molecular weight excluding hydrogens is 373 g/mol. The highest BCUT2D eigenvalue weighted by Crippen LogP contribution is 2.27. The number of methoxy groups -OCH3 is 1.